The number of nitrogens with zero attached hydrogens (tertiary/aromatic N) is 1. The number of halogens is 1. The summed E-state index contributed by atoms with van der Waals surface area (Å²) in [4.78, 5) is 0. The van der Waals surface area contributed by atoms with Crippen molar-refractivity contribution in [2.45, 2.75) is 26.2 Å². The molecule has 0 aliphatic carbocycles. The SMILES string of the molecule is CC(C)(C)c1ccc(Oc2ccc(F)cc2C#N)cc1. The number of ether oxygens (including phenoxy) is 1. The van der Waals surface area contributed by atoms with E-state index < -0.39 is 5.82 Å². The smallest absolute Gasteiger partial charge is 0.145 e. The van der Waals surface area contributed by atoms with Gasteiger partial charge in [-0.3, -0.25) is 0 Å². The molecule has 0 aliphatic heterocycles. The van der Waals surface area contributed by atoms with E-state index in [0.717, 1.165) is 0 Å². The van der Waals surface area contributed by atoms with Crippen LogP contribution in [0.2, 0.25) is 0 Å². The number of hydrogen-bond donors (Lipinski definition) is 0. The van der Waals surface area contributed by atoms with Gasteiger partial charge in [0.15, 0.2) is 0 Å². The van der Waals surface area contributed by atoms with Gasteiger partial charge >= 0.3 is 0 Å². The highest BCUT2D eigenvalue weighted by molar-refractivity contribution is 5.45. The lowest BCUT2D eigenvalue weighted by molar-refractivity contribution is 0.477. The van der Waals surface area contributed by atoms with Crippen LogP contribution in [0.5, 0.6) is 11.5 Å². The molecule has 0 saturated carbocycles. The molecule has 0 fully saturated rings. The molecule has 0 amide bonds. The van der Waals surface area contributed by atoms with Crippen molar-refractivity contribution in [3.63, 3.8) is 0 Å². The molecule has 0 bridgehead atoms. The van der Waals surface area contributed by atoms with E-state index in [1.54, 1.807) is 0 Å². The summed E-state index contributed by atoms with van der Waals surface area (Å²) in [6.45, 7) is 6.41. The zero-order chi connectivity index (χ0) is 14.8. The maximum Gasteiger partial charge on any atom is 0.145 e. The van der Waals surface area contributed by atoms with E-state index in [2.05, 4.69) is 20.8 Å². The van der Waals surface area contributed by atoms with E-state index in [4.69, 9.17) is 10.00 Å². The van der Waals surface area contributed by atoms with Gasteiger partial charge in [-0.05, 0) is 41.3 Å². The van der Waals surface area contributed by atoms with Gasteiger partial charge in [0.2, 0.25) is 0 Å². The second-order valence-corrected chi connectivity index (χ2v) is 5.63. The van der Waals surface area contributed by atoms with Crippen LogP contribution in [0.4, 0.5) is 4.39 Å². The van der Waals surface area contributed by atoms with Crippen LogP contribution in [-0.4, -0.2) is 0 Å². The molecular weight excluding hydrogens is 253 g/mol. The second kappa shape index (κ2) is 5.34. The molecule has 2 aromatic rings. The van der Waals surface area contributed by atoms with Gasteiger partial charge in [-0.1, -0.05) is 32.9 Å². The summed E-state index contributed by atoms with van der Waals surface area (Å²) in [7, 11) is 0. The highest BCUT2D eigenvalue weighted by Gasteiger charge is 2.13. The highest BCUT2D eigenvalue weighted by Crippen LogP contribution is 2.28. The van der Waals surface area contributed by atoms with Crippen LogP contribution in [0.25, 0.3) is 0 Å². The predicted molar refractivity (Wildman–Crippen MR) is 76.3 cm³/mol. The molecule has 0 atom stereocenters. The van der Waals surface area contributed by atoms with Gasteiger partial charge in [-0.2, -0.15) is 5.26 Å². The quantitative estimate of drug-likeness (QED) is 0.785. The first-order valence-electron chi connectivity index (χ1n) is 6.38. The normalized spacial score (nSPS) is 10.9. The molecule has 20 heavy (non-hydrogen) atoms. The van der Waals surface area contributed by atoms with E-state index in [1.807, 2.05) is 30.3 Å². The van der Waals surface area contributed by atoms with Crippen molar-refractivity contribution in [2.75, 3.05) is 0 Å². The molecular formula is C17H16FNO. The van der Waals surface area contributed by atoms with Crippen molar-refractivity contribution in [3.8, 4) is 17.6 Å². The maximum absolute atomic E-state index is 13.1. The Bertz CT molecular complexity index is 648. The Kier molecular flexibility index (Phi) is 3.76. The zero-order valence-electron chi connectivity index (χ0n) is 11.8. The van der Waals surface area contributed by atoms with E-state index in [-0.39, 0.29) is 11.0 Å². The molecule has 2 nitrogen and oxygen atoms in total. The van der Waals surface area contributed by atoms with Crippen LogP contribution in [0.1, 0.15) is 31.9 Å². The zero-order valence-corrected chi connectivity index (χ0v) is 11.8. The van der Waals surface area contributed by atoms with Crippen LogP contribution >= 0.6 is 0 Å². The molecule has 0 radical (unpaired) electrons. The summed E-state index contributed by atoms with van der Waals surface area (Å²) in [5, 5.41) is 8.98. The average Bonchev–Trinajstić information content (AvgIpc) is 2.40. The van der Waals surface area contributed by atoms with Gasteiger partial charge in [-0.25, -0.2) is 4.39 Å². The molecule has 0 N–H and O–H groups in total. The van der Waals surface area contributed by atoms with Crippen LogP contribution in [0.3, 0.4) is 0 Å². The molecule has 0 aromatic heterocycles. The summed E-state index contributed by atoms with van der Waals surface area (Å²) in [5.74, 6) is 0.537. The number of benzene rings is 2. The Hall–Kier alpha value is -2.34. The second-order valence-electron chi connectivity index (χ2n) is 5.63. The molecule has 2 rings (SSSR count). The summed E-state index contributed by atoms with van der Waals surface area (Å²) in [6, 6.07) is 13.5. The Morgan fingerprint density at radius 1 is 1.05 bits per heavy atom. The largest absolute Gasteiger partial charge is 0.456 e. The van der Waals surface area contributed by atoms with Gasteiger partial charge in [0, 0.05) is 0 Å². The molecule has 0 heterocycles. The predicted octanol–water partition coefficient (Wildman–Crippen LogP) is 4.79. The van der Waals surface area contributed by atoms with E-state index in [1.165, 1.54) is 23.8 Å². The summed E-state index contributed by atoms with van der Waals surface area (Å²) in [5.41, 5.74) is 1.46. The maximum atomic E-state index is 13.1. The lowest BCUT2D eigenvalue weighted by Gasteiger charge is -2.19. The third-order valence-electron chi connectivity index (χ3n) is 3.01. The summed E-state index contributed by atoms with van der Waals surface area (Å²) < 4.78 is 18.7. The molecule has 102 valence electrons. The van der Waals surface area contributed by atoms with E-state index >= 15 is 0 Å². The fourth-order valence-electron chi connectivity index (χ4n) is 1.83. The van der Waals surface area contributed by atoms with Crippen molar-refractivity contribution in [1.82, 2.24) is 0 Å². The Labute approximate surface area is 118 Å². The third-order valence-corrected chi connectivity index (χ3v) is 3.01. The van der Waals surface area contributed by atoms with E-state index in [0.29, 0.717) is 11.5 Å². The Balaban J connectivity index is 2.25. The first-order valence-corrected chi connectivity index (χ1v) is 6.38. The van der Waals surface area contributed by atoms with Gasteiger partial charge in [-0.15, -0.1) is 0 Å². The molecule has 0 unspecified atom stereocenters. The van der Waals surface area contributed by atoms with Crippen LogP contribution in [-0.2, 0) is 5.41 Å². The van der Waals surface area contributed by atoms with Crippen molar-refractivity contribution >= 4 is 0 Å². The minimum atomic E-state index is -0.447. The molecule has 0 spiro atoms. The fourth-order valence-corrected chi connectivity index (χ4v) is 1.83. The minimum absolute atomic E-state index is 0.0756. The Morgan fingerprint density at radius 3 is 2.25 bits per heavy atom. The summed E-state index contributed by atoms with van der Waals surface area (Å²) >= 11 is 0. The highest BCUT2D eigenvalue weighted by atomic mass is 19.1. The van der Waals surface area contributed by atoms with Crippen molar-refractivity contribution in [3.05, 3.63) is 59.4 Å². The van der Waals surface area contributed by atoms with Crippen LogP contribution in [0, 0.1) is 17.1 Å². The summed E-state index contributed by atoms with van der Waals surface area (Å²) in [6.07, 6.45) is 0. The average molecular weight is 269 g/mol. The van der Waals surface area contributed by atoms with Crippen molar-refractivity contribution < 1.29 is 9.13 Å². The number of rotatable bonds is 2. The number of nitriles is 1. The molecule has 3 heteroatoms. The monoisotopic (exact) mass is 269 g/mol. The van der Waals surface area contributed by atoms with Gasteiger partial charge in [0.1, 0.15) is 23.4 Å². The first kappa shape index (κ1) is 14.1. The number of hydrogen-bond acceptors (Lipinski definition) is 2. The third kappa shape index (κ3) is 3.16. The fraction of sp³-hybridized carbons (Fsp3) is 0.235. The van der Waals surface area contributed by atoms with Crippen molar-refractivity contribution in [1.29, 1.82) is 5.26 Å². The van der Waals surface area contributed by atoms with Crippen molar-refractivity contribution in [2.24, 2.45) is 0 Å². The molecule has 2 aromatic carbocycles. The molecule has 0 saturated heterocycles. The lowest BCUT2D eigenvalue weighted by Crippen LogP contribution is -2.10. The lowest BCUT2D eigenvalue weighted by atomic mass is 9.87. The van der Waals surface area contributed by atoms with Gasteiger partial charge in [0.25, 0.3) is 0 Å². The van der Waals surface area contributed by atoms with Crippen LogP contribution in [0.15, 0.2) is 42.5 Å². The van der Waals surface area contributed by atoms with Gasteiger partial charge < -0.3 is 4.74 Å². The Morgan fingerprint density at radius 2 is 1.70 bits per heavy atom. The standard InChI is InChI=1S/C17H16FNO/c1-17(2,3)13-4-7-15(8-5-13)20-16-9-6-14(18)10-12(16)11-19/h4-10H,1-3H3. The van der Waals surface area contributed by atoms with E-state index in [9.17, 15) is 4.39 Å². The van der Waals surface area contributed by atoms with Crippen LogP contribution < -0.4 is 4.74 Å². The molecule has 0 aliphatic rings. The van der Waals surface area contributed by atoms with Gasteiger partial charge in [0.05, 0.1) is 5.56 Å². The topological polar surface area (TPSA) is 33.0 Å². The minimum Gasteiger partial charge on any atom is -0.456 e. The first-order chi connectivity index (χ1) is 9.40.